The van der Waals surface area contributed by atoms with Gasteiger partial charge in [0.25, 0.3) is 15.9 Å². The molecule has 0 radical (unpaired) electrons. The maximum Gasteiger partial charge on any atom is 0.416 e. The number of carbonyl (C=O) groups is 1. The summed E-state index contributed by atoms with van der Waals surface area (Å²) in [5.41, 5.74) is -1.00. The molecule has 0 aliphatic rings. The number of sulfonamides is 1. The first-order valence-electron chi connectivity index (χ1n) is 12.5. The number of fused-ring (bicyclic) bond motifs is 1. The van der Waals surface area contributed by atoms with Crippen LogP contribution in [0.5, 0.6) is 0 Å². The third kappa shape index (κ3) is 5.43. The largest absolute Gasteiger partial charge is 0.455 e. The van der Waals surface area contributed by atoms with Gasteiger partial charge in [0.05, 0.1) is 28.0 Å². The zero-order valence-corrected chi connectivity index (χ0v) is 23.4. The molecule has 6 nitrogen and oxygen atoms in total. The molecule has 0 atom stereocenters. The van der Waals surface area contributed by atoms with Gasteiger partial charge in [-0.25, -0.2) is 12.7 Å². The number of alkyl halides is 3. The number of amides is 1. The number of hydrogen-bond donors (Lipinski definition) is 0. The lowest BCUT2D eigenvalue weighted by atomic mass is 10.0. The van der Waals surface area contributed by atoms with Gasteiger partial charge in [-0.15, -0.1) is 0 Å². The molecule has 0 saturated carbocycles. The fourth-order valence-electron chi connectivity index (χ4n) is 4.48. The average molecular weight is 612 g/mol. The van der Waals surface area contributed by atoms with E-state index in [9.17, 15) is 31.2 Å². The normalized spacial score (nSPS) is 11.9. The average Bonchev–Trinajstić information content (AvgIpc) is 2.98. The van der Waals surface area contributed by atoms with Crippen LogP contribution in [0.4, 0.5) is 13.2 Å². The quantitative estimate of drug-likeness (QED) is 0.199. The lowest BCUT2D eigenvalue weighted by molar-refractivity contribution is -0.137. The second kappa shape index (κ2) is 11.1. The van der Waals surface area contributed by atoms with Crippen LogP contribution in [-0.2, 0) is 22.7 Å². The zero-order valence-electron chi connectivity index (χ0n) is 21.9. The van der Waals surface area contributed by atoms with Gasteiger partial charge in [-0.05, 0) is 48.9 Å². The third-order valence-corrected chi connectivity index (χ3v) is 8.75. The summed E-state index contributed by atoms with van der Waals surface area (Å²) in [6.07, 6.45) is -4.83. The van der Waals surface area contributed by atoms with Crippen LogP contribution in [0.3, 0.4) is 0 Å². The van der Waals surface area contributed by atoms with Crippen molar-refractivity contribution in [2.24, 2.45) is 0 Å². The second-order valence-corrected chi connectivity index (χ2v) is 11.6. The van der Waals surface area contributed by atoms with E-state index in [1.54, 1.807) is 49.4 Å². The molecule has 4 aromatic carbocycles. The van der Waals surface area contributed by atoms with E-state index in [0.29, 0.717) is 15.9 Å². The minimum atomic E-state index is -4.89. The molecule has 5 aromatic rings. The van der Waals surface area contributed by atoms with Gasteiger partial charge in [0, 0.05) is 16.1 Å². The summed E-state index contributed by atoms with van der Waals surface area (Å²) in [6, 6.07) is 22.1. The van der Waals surface area contributed by atoms with E-state index in [-0.39, 0.29) is 38.4 Å². The molecule has 11 heteroatoms. The highest BCUT2D eigenvalue weighted by Crippen LogP contribution is 2.33. The minimum absolute atomic E-state index is 0.0344. The van der Waals surface area contributed by atoms with E-state index >= 15 is 0 Å². The SMILES string of the molecule is Cc1c(-c2ccccc2)oc2c(C(=O)N(Cc3ccccc3Cl)S(=O)(=O)c3cccc(C(F)(F)F)c3)cccc2c1=O. The minimum Gasteiger partial charge on any atom is -0.455 e. The van der Waals surface area contributed by atoms with Crippen LogP contribution in [0.2, 0.25) is 5.02 Å². The number of para-hydroxylation sites is 1. The van der Waals surface area contributed by atoms with Crippen LogP contribution in [0.25, 0.3) is 22.3 Å². The van der Waals surface area contributed by atoms with Gasteiger partial charge in [0.1, 0.15) is 5.76 Å². The first-order valence-corrected chi connectivity index (χ1v) is 14.3. The first kappa shape index (κ1) is 29.1. The van der Waals surface area contributed by atoms with E-state index in [1.165, 1.54) is 30.3 Å². The highest BCUT2D eigenvalue weighted by Gasteiger charge is 2.36. The molecule has 0 unspecified atom stereocenters. The standard InChI is InChI=1S/C31H21ClF3NO5S/c1-19-27(37)24-14-8-15-25(29(24)41-28(19)20-9-3-2-4-10-20)30(38)36(18-21-11-5-6-16-26(21)32)42(39,40)23-13-7-12-22(17-23)31(33,34)35/h2-17H,18H2,1H3. The maximum absolute atomic E-state index is 14.1. The summed E-state index contributed by atoms with van der Waals surface area (Å²) in [5, 5.41) is 0.174. The smallest absolute Gasteiger partial charge is 0.416 e. The fraction of sp³-hybridized carbons (Fsp3) is 0.0968. The summed E-state index contributed by atoms with van der Waals surface area (Å²) in [5.74, 6) is -0.935. The molecule has 0 spiro atoms. The number of hydrogen-bond acceptors (Lipinski definition) is 5. The molecule has 0 fully saturated rings. The van der Waals surface area contributed by atoms with Gasteiger partial charge in [-0.1, -0.05) is 72.3 Å². The van der Waals surface area contributed by atoms with Gasteiger partial charge in [0.2, 0.25) is 0 Å². The van der Waals surface area contributed by atoms with Crippen LogP contribution in [0.15, 0.2) is 111 Å². The number of halogens is 4. The number of nitrogens with zero attached hydrogens (tertiary/aromatic N) is 1. The van der Waals surface area contributed by atoms with Crippen molar-refractivity contribution in [1.29, 1.82) is 0 Å². The third-order valence-electron chi connectivity index (χ3n) is 6.66. The summed E-state index contributed by atoms with van der Waals surface area (Å²) in [4.78, 5) is 26.7. The topological polar surface area (TPSA) is 84.7 Å². The number of carbonyl (C=O) groups excluding carboxylic acids is 1. The predicted octanol–water partition coefficient (Wildman–Crippen LogP) is 7.47. The van der Waals surface area contributed by atoms with Gasteiger partial charge >= 0.3 is 6.18 Å². The van der Waals surface area contributed by atoms with E-state index in [0.717, 1.165) is 18.2 Å². The molecule has 0 aliphatic carbocycles. The lowest BCUT2D eigenvalue weighted by Crippen LogP contribution is -2.37. The Kier molecular flexibility index (Phi) is 7.70. The molecular formula is C31H21ClF3NO5S. The highest BCUT2D eigenvalue weighted by molar-refractivity contribution is 7.89. The lowest BCUT2D eigenvalue weighted by Gasteiger charge is -2.24. The molecule has 0 saturated heterocycles. The molecule has 0 aliphatic heterocycles. The van der Waals surface area contributed by atoms with Crippen LogP contribution >= 0.6 is 11.6 Å². The summed E-state index contributed by atoms with van der Waals surface area (Å²) in [7, 11) is -4.89. The Morgan fingerprint density at radius 2 is 1.57 bits per heavy atom. The van der Waals surface area contributed by atoms with Crippen molar-refractivity contribution < 1.29 is 30.8 Å². The monoisotopic (exact) mass is 611 g/mol. The van der Waals surface area contributed by atoms with Crippen LogP contribution in [-0.4, -0.2) is 18.6 Å². The zero-order chi connectivity index (χ0) is 30.2. The fourth-order valence-corrected chi connectivity index (χ4v) is 6.09. The first-order chi connectivity index (χ1) is 19.9. The van der Waals surface area contributed by atoms with Crippen molar-refractivity contribution in [2.75, 3.05) is 0 Å². The molecular weight excluding hydrogens is 591 g/mol. The van der Waals surface area contributed by atoms with Crippen molar-refractivity contribution in [3.05, 3.63) is 135 Å². The van der Waals surface area contributed by atoms with Crippen molar-refractivity contribution >= 4 is 38.5 Å². The number of benzene rings is 4. The molecule has 1 aromatic heterocycles. The predicted molar refractivity (Wildman–Crippen MR) is 153 cm³/mol. The molecule has 5 rings (SSSR count). The van der Waals surface area contributed by atoms with Crippen LogP contribution < -0.4 is 5.43 Å². The number of rotatable bonds is 6. The Morgan fingerprint density at radius 3 is 2.26 bits per heavy atom. The summed E-state index contributed by atoms with van der Waals surface area (Å²) < 4.78 is 74.7. The Labute approximate surface area is 243 Å². The van der Waals surface area contributed by atoms with Gasteiger partial charge in [-0.2, -0.15) is 13.2 Å². The van der Waals surface area contributed by atoms with E-state index in [2.05, 4.69) is 0 Å². The van der Waals surface area contributed by atoms with E-state index in [4.69, 9.17) is 16.0 Å². The van der Waals surface area contributed by atoms with Crippen molar-refractivity contribution in [3.8, 4) is 11.3 Å². The van der Waals surface area contributed by atoms with E-state index < -0.39 is 44.5 Å². The molecule has 1 heterocycles. The van der Waals surface area contributed by atoms with Crippen molar-refractivity contribution in [1.82, 2.24) is 4.31 Å². The van der Waals surface area contributed by atoms with Crippen LogP contribution in [0.1, 0.15) is 27.0 Å². The Balaban J connectivity index is 1.72. The van der Waals surface area contributed by atoms with E-state index in [1.807, 2.05) is 0 Å². The van der Waals surface area contributed by atoms with Crippen molar-refractivity contribution in [2.45, 2.75) is 24.5 Å². The molecule has 0 bridgehead atoms. The summed E-state index contributed by atoms with van der Waals surface area (Å²) in [6.45, 7) is 0.971. The Bertz CT molecular complexity index is 1990. The van der Waals surface area contributed by atoms with Gasteiger partial charge < -0.3 is 4.42 Å². The second-order valence-electron chi connectivity index (χ2n) is 9.37. The molecule has 42 heavy (non-hydrogen) atoms. The van der Waals surface area contributed by atoms with Gasteiger partial charge in [0.15, 0.2) is 11.0 Å². The Hall–Kier alpha value is -4.41. The van der Waals surface area contributed by atoms with Gasteiger partial charge in [-0.3, -0.25) is 9.59 Å². The molecule has 0 N–H and O–H groups in total. The Morgan fingerprint density at radius 1 is 0.905 bits per heavy atom. The molecule has 214 valence electrons. The summed E-state index contributed by atoms with van der Waals surface area (Å²) >= 11 is 6.28. The maximum atomic E-state index is 14.1. The molecule has 1 amide bonds. The highest BCUT2D eigenvalue weighted by atomic mass is 35.5. The van der Waals surface area contributed by atoms with Crippen LogP contribution in [0, 0.1) is 6.92 Å². The van der Waals surface area contributed by atoms with Crippen molar-refractivity contribution in [3.63, 3.8) is 0 Å².